The number of benzene rings is 2. The first-order chi connectivity index (χ1) is 21.3. The summed E-state index contributed by atoms with van der Waals surface area (Å²) in [6, 6.07) is 6.42. The third-order valence-electron chi connectivity index (χ3n) is 8.51. The second kappa shape index (κ2) is 12.2. The standard InChI is InChI=1S/C33H38N4O7/c1-19-10-21-16-34-24-14-29(27(41-3)12-22(24)32(39)36(21)17-19)43-8-6-5-7-9-44-30-15-25-23(13-28(30)42-4)33(40)37-18-20(2)11-26(37)31(38)35-25/h12-16,21,26,31,35,38H,1-2,5-11,17-18H2,3-4H3/t21-,26-,31-/m0/s1. The van der Waals surface area contributed by atoms with Gasteiger partial charge in [-0.3, -0.25) is 14.6 Å². The molecule has 11 nitrogen and oxygen atoms in total. The number of aliphatic imine (C=N–C) groups is 1. The Balaban J connectivity index is 1.02. The number of aliphatic hydroxyl groups excluding tert-OH is 1. The quantitative estimate of drug-likeness (QED) is 0.305. The Morgan fingerprint density at radius 3 is 2.16 bits per heavy atom. The van der Waals surface area contributed by atoms with Crippen LogP contribution >= 0.6 is 0 Å². The average molecular weight is 603 g/mol. The maximum Gasteiger partial charge on any atom is 0.257 e. The van der Waals surface area contributed by atoms with Crippen LogP contribution in [0, 0.1) is 0 Å². The Kier molecular flexibility index (Phi) is 8.22. The molecule has 4 heterocycles. The summed E-state index contributed by atoms with van der Waals surface area (Å²) >= 11 is 0. The molecule has 0 saturated carbocycles. The predicted octanol–water partition coefficient (Wildman–Crippen LogP) is 4.33. The molecule has 0 aliphatic carbocycles. The van der Waals surface area contributed by atoms with E-state index in [-0.39, 0.29) is 23.9 Å². The smallest absolute Gasteiger partial charge is 0.257 e. The molecular formula is C33H38N4O7. The summed E-state index contributed by atoms with van der Waals surface area (Å²) in [7, 11) is 3.09. The second-order valence-corrected chi connectivity index (χ2v) is 11.6. The van der Waals surface area contributed by atoms with Crippen LogP contribution in [0.2, 0.25) is 0 Å². The number of hydrogen-bond acceptors (Lipinski definition) is 9. The Hall–Kier alpha value is -4.51. The van der Waals surface area contributed by atoms with Gasteiger partial charge in [0.2, 0.25) is 0 Å². The molecule has 0 unspecified atom stereocenters. The van der Waals surface area contributed by atoms with E-state index in [0.29, 0.717) is 78.2 Å². The van der Waals surface area contributed by atoms with E-state index in [9.17, 15) is 14.7 Å². The number of rotatable bonds is 10. The number of fused-ring (bicyclic) bond motifs is 4. The van der Waals surface area contributed by atoms with Gasteiger partial charge in [-0.25, -0.2) is 0 Å². The normalized spacial score (nSPS) is 22.0. The molecule has 2 aromatic rings. The van der Waals surface area contributed by atoms with Gasteiger partial charge in [0.1, 0.15) is 6.23 Å². The number of amides is 2. The van der Waals surface area contributed by atoms with Crippen LogP contribution in [-0.4, -0.2) is 91.8 Å². The van der Waals surface area contributed by atoms with Crippen LogP contribution < -0.4 is 24.3 Å². The lowest BCUT2D eigenvalue weighted by atomic mass is 10.1. The van der Waals surface area contributed by atoms with Crippen LogP contribution in [0.15, 0.2) is 53.6 Å². The molecule has 0 spiro atoms. The minimum atomic E-state index is -0.913. The molecule has 2 aromatic carbocycles. The molecule has 2 saturated heterocycles. The minimum absolute atomic E-state index is 0.0744. The number of carbonyl (C=O) groups excluding carboxylic acids is 2. The van der Waals surface area contributed by atoms with E-state index in [1.54, 1.807) is 41.2 Å². The molecule has 3 atom stereocenters. The zero-order valence-electron chi connectivity index (χ0n) is 25.1. The van der Waals surface area contributed by atoms with Gasteiger partial charge in [0, 0.05) is 31.4 Å². The highest BCUT2D eigenvalue weighted by Gasteiger charge is 2.40. The summed E-state index contributed by atoms with van der Waals surface area (Å²) in [5.41, 5.74) is 3.95. The van der Waals surface area contributed by atoms with Crippen molar-refractivity contribution in [1.29, 1.82) is 0 Å². The number of ether oxygens (including phenoxy) is 4. The molecule has 232 valence electrons. The molecule has 0 radical (unpaired) electrons. The summed E-state index contributed by atoms with van der Waals surface area (Å²) < 4.78 is 23.2. The number of unbranched alkanes of at least 4 members (excludes halogenated alkanes) is 2. The Morgan fingerprint density at radius 2 is 1.45 bits per heavy atom. The summed E-state index contributed by atoms with van der Waals surface area (Å²) in [5, 5.41) is 13.8. The molecule has 0 bridgehead atoms. The Bertz CT molecular complexity index is 1540. The number of methoxy groups -OCH3 is 2. The summed E-state index contributed by atoms with van der Waals surface area (Å²) in [4.78, 5) is 34.4. The third kappa shape index (κ3) is 5.59. The van der Waals surface area contributed by atoms with Crippen molar-refractivity contribution in [1.82, 2.24) is 9.80 Å². The first-order valence-corrected chi connectivity index (χ1v) is 14.9. The van der Waals surface area contributed by atoms with Crippen LogP contribution in [0.3, 0.4) is 0 Å². The van der Waals surface area contributed by atoms with Crippen molar-refractivity contribution >= 4 is 29.4 Å². The molecule has 44 heavy (non-hydrogen) atoms. The van der Waals surface area contributed by atoms with Crippen LogP contribution in [0.5, 0.6) is 23.0 Å². The van der Waals surface area contributed by atoms with Crippen molar-refractivity contribution in [2.75, 3.05) is 45.8 Å². The summed E-state index contributed by atoms with van der Waals surface area (Å²) in [6.07, 6.45) is 4.56. The first-order valence-electron chi connectivity index (χ1n) is 14.9. The van der Waals surface area contributed by atoms with Crippen LogP contribution in [0.1, 0.15) is 52.8 Å². The van der Waals surface area contributed by atoms with E-state index < -0.39 is 6.23 Å². The molecule has 4 aliphatic heterocycles. The van der Waals surface area contributed by atoms with Crippen molar-refractivity contribution in [3.8, 4) is 23.0 Å². The summed E-state index contributed by atoms with van der Waals surface area (Å²) in [5.74, 6) is 1.73. The highest BCUT2D eigenvalue weighted by molar-refractivity contribution is 6.04. The van der Waals surface area contributed by atoms with E-state index in [2.05, 4.69) is 23.5 Å². The zero-order chi connectivity index (χ0) is 31.0. The lowest BCUT2D eigenvalue weighted by Crippen LogP contribution is -2.43. The molecular weight excluding hydrogens is 564 g/mol. The number of nitrogens with zero attached hydrogens (tertiary/aromatic N) is 3. The van der Waals surface area contributed by atoms with Crippen molar-refractivity contribution in [2.45, 2.75) is 50.4 Å². The van der Waals surface area contributed by atoms with Gasteiger partial charge in [-0.2, -0.15) is 0 Å². The Labute approximate surface area is 256 Å². The second-order valence-electron chi connectivity index (χ2n) is 11.6. The molecule has 0 aromatic heterocycles. The average Bonchev–Trinajstić information content (AvgIpc) is 3.55. The molecule has 6 rings (SSSR count). The van der Waals surface area contributed by atoms with Gasteiger partial charge >= 0.3 is 0 Å². The van der Waals surface area contributed by atoms with Crippen LogP contribution in [-0.2, 0) is 0 Å². The number of aliphatic hydroxyl groups is 1. The third-order valence-corrected chi connectivity index (χ3v) is 8.51. The molecule has 4 aliphatic rings. The molecule has 11 heteroatoms. The van der Waals surface area contributed by atoms with Gasteiger partial charge < -0.3 is 39.2 Å². The number of nitrogens with one attached hydrogen (secondary N) is 1. The molecule has 2 N–H and O–H groups in total. The van der Waals surface area contributed by atoms with Gasteiger partial charge in [0.05, 0.1) is 62.0 Å². The first kappa shape index (κ1) is 29.6. The SMILES string of the molecule is C=C1C[C@H]2C=Nc3cc(OCCCCCOc4cc5c(cc4OC)C(=O)N4CC(=C)C[C@H]4[C@H](O)N5)c(OC)cc3C(=O)N2C1. The maximum atomic E-state index is 13.2. The fourth-order valence-electron chi connectivity index (χ4n) is 6.22. The maximum absolute atomic E-state index is 13.2. The highest BCUT2D eigenvalue weighted by atomic mass is 16.5. The van der Waals surface area contributed by atoms with Gasteiger partial charge in [0.15, 0.2) is 23.0 Å². The van der Waals surface area contributed by atoms with Gasteiger partial charge in [0.25, 0.3) is 11.8 Å². The zero-order valence-corrected chi connectivity index (χ0v) is 25.1. The van der Waals surface area contributed by atoms with Crippen LogP contribution in [0.4, 0.5) is 11.4 Å². The number of hydrogen-bond donors (Lipinski definition) is 2. The van der Waals surface area contributed by atoms with E-state index in [4.69, 9.17) is 18.9 Å². The lowest BCUT2D eigenvalue weighted by Gasteiger charge is -2.24. The Morgan fingerprint density at radius 1 is 0.841 bits per heavy atom. The molecule has 2 fully saturated rings. The fraction of sp³-hybridized carbons (Fsp3) is 0.424. The van der Waals surface area contributed by atoms with Crippen molar-refractivity contribution in [3.05, 3.63) is 59.7 Å². The van der Waals surface area contributed by atoms with Crippen molar-refractivity contribution < 1.29 is 33.6 Å². The monoisotopic (exact) mass is 602 g/mol. The minimum Gasteiger partial charge on any atom is -0.493 e. The van der Waals surface area contributed by atoms with E-state index in [1.807, 2.05) is 6.21 Å². The topological polar surface area (TPSA) is 122 Å². The predicted molar refractivity (Wildman–Crippen MR) is 166 cm³/mol. The number of carbonyl (C=O) groups is 2. The van der Waals surface area contributed by atoms with Crippen molar-refractivity contribution in [2.24, 2.45) is 4.99 Å². The van der Waals surface area contributed by atoms with E-state index in [1.165, 1.54) is 7.11 Å². The van der Waals surface area contributed by atoms with Gasteiger partial charge in [-0.15, -0.1) is 0 Å². The van der Waals surface area contributed by atoms with E-state index >= 15 is 0 Å². The van der Waals surface area contributed by atoms with Crippen LogP contribution in [0.25, 0.3) is 0 Å². The molecule has 2 amide bonds. The van der Waals surface area contributed by atoms with Crippen molar-refractivity contribution in [3.63, 3.8) is 0 Å². The largest absolute Gasteiger partial charge is 0.493 e. The fourth-order valence-corrected chi connectivity index (χ4v) is 6.22. The van der Waals surface area contributed by atoms with Gasteiger partial charge in [-0.1, -0.05) is 24.3 Å². The summed E-state index contributed by atoms with van der Waals surface area (Å²) in [6.45, 7) is 9.86. The highest BCUT2D eigenvalue weighted by Crippen LogP contribution is 2.40. The van der Waals surface area contributed by atoms with E-state index in [0.717, 1.165) is 36.8 Å². The lowest BCUT2D eigenvalue weighted by molar-refractivity contribution is 0.0581. The number of anilines is 1. The van der Waals surface area contributed by atoms with Gasteiger partial charge in [-0.05, 0) is 44.2 Å².